The molecule has 0 saturated carbocycles. The van der Waals surface area contributed by atoms with E-state index in [0.29, 0.717) is 11.4 Å². The first kappa shape index (κ1) is 10.9. The van der Waals surface area contributed by atoms with Crippen molar-refractivity contribution in [3.63, 3.8) is 0 Å². The van der Waals surface area contributed by atoms with Crippen LogP contribution in [-0.2, 0) is 10.6 Å². The molecule has 0 amide bonds. The first-order valence-corrected chi connectivity index (χ1v) is 4.60. The molecule has 0 aliphatic heterocycles. The summed E-state index contributed by atoms with van der Waals surface area (Å²) in [6.07, 6.45) is 0. The quantitative estimate of drug-likeness (QED) is 0.607. The number of methoxy groups -OCH3 is 1. The summed E-state index contributed by atoms with van der Waals surface area (Å²) in [6.45, 7) is 1.71. The van der Waals surface area contributed by atoms with Crippen molar-refractivity contribution in [2.24, 2.45) is 0 Å². The predicted molar refractivity (Wildman–Crippen MR) is 53.7 cm³/mol. The van der Waals surface area contributed by atoms with Gasteiger partial charge in [-0.25, -0.2) is 4.79 Å². The Morgan fingerprint density at radius 3 is 2.71 bits per heavy atom. The largest absolute Gasteiger partial charge is 0.507 e. The molecule has 0 aliphatic carbocycles. The minimum absolute atomic E-state index is 0.0503. The predicted octanol–water partition coefficient (Wildman–Crippen LogP) is 2.23. The van der Waals surface area contributed by atoms with Crippen LogP contribution in [0.4, 0.5) is 0 Å². The molecule has 0 aliphatic rings. The summed E-state index contributed by atoms with van der Waals surface area (Å²) in [5, 5.41) is 9.58. The van der Waals surface area contributed by atoms with Crippen molar-refractivity contribution < 1.29 is 14.6 Å². The standard InChI is InChI=1S/C10H11ClO3/c1-6-3-7(5-11)4-8(9(6)12)10(13)14-2/h3-4,12H,5H2,1-2H3. The second kappa shape index (κ2) is 4.33. The molecule has 0 fully saturated rings. The van der Waals surface area contributed by atoms with Crippen molar-refractivity contribution >= 4 is 17.6 Å². The summed E-state index contributed by atoms with van der Waals surface area (Å²) in [7, 11) is 1.27. The molecule has 0 aromatic heterocycles. The average Bonchev–Trinajstić information content (AvgIpc) is 2.20. The highest BCUT2D eigenvalue weighted by Gasteiger charge is 2.14. The number of halogens is 1. The fourth-order valence-electron chi connectivity index (χ4n) is 1.20. The molecule has 3 nitrogen and oxygen atoms in total. The van der Waals surface area contributed by atoms with Crippen LogP contribution in [0, 0.1) is 6.92 Å². The van der Waals surface area contributed by atoms with E-state index in [1.165, 1.54) is 13.2 Å². The number of benzene rings is 1. The Balaban J connectivity index is 3.27. The van der Waals surface area contributed by atoms with Crippen molar-refractivity contribution in [3.05, 3.63) is 28.8 Å². The Hall–Kier alpha value is -1.22. The Kier molecular flexibility index (Phi) is 3.36. The highest BCUT2D eigenvalue weighted by molar-refractivity contribution is 6.17. The number of alkyl halides is 1. The highest BCUT2D eigenvalue weighted by atomic mass is 35.5. The number of carbonyl (C=O) groups is 1. The minimum atomic E-state index is -0.558. The maximum atomic E-state index is 11.2. The minimum Gasteiger partial charge on any atom is -0.507 e. The van der Waals surface area contributed by atoms with Crippen LogP contribution in [-0.4, -0.2) is 18.2 Å². The van der Waals surface area contributed by atoms with Gasteiger partial charge in [-0.05, 0) is 24.1 Å². The molecule has 0 radical (unpaired) electrons. The maximum Gasteiger partial charge on any atom is 0.341 e. The molecule has 1 N–H and O–H groups in total. The number of hydrogen-bond donors (Lipinski definition) is 1. The van der Waals surface area contributed by atoms with Crippen LogP contribution in [0.25, 0.3) is 0 Å². The van der Waals surface area contributed by atoms with Gasteiger partial charge in [0.1, 0.15) is 11.3 Å². The molecule has 0 atom stereocenters. The highest BCUT2D eigenvalue weighted by Crippen LogP contribution is 2.25. The van der Waals surface area contributed by atoms with Crippen molar-refractivity contribution in [1.82, 2.24) is 0 Å². The van der Waals surface area contributed by atoms with E-state index in [0.717, 1.165) is 5.56 Å². The molecule has 0 unspecified atom stereocenters. The molecule has 76 valence electrons. The van der Waals surface area contributed by atoms with Gasteiger partial charge < -0.3 is 9.84 Å². The molecule has 0 heterocycles. The normalized spacial score (nSPS) is 9.93. The first-order valence-electron chi connectivity index (χ1n) is 4.07. The second-order valence-electron chi connectivity index (χ2n) is 2.93. The Morgan fingerprint density at radius 1 is 1.57 bits per heavy atom. The van der Waals surface area contributed by atoms with Gasteiger partial charge in [0.25, 0.3) is 0 Å². The Morgan fingerprint density at radius 2 is 2.21 bits per heavy atom. The number of aryl methyl sites for hydroxylation is 1. The van der Waals surface area contributed by atoms with E-state index < -0.39 is 5.97 Å². The Bertz CT molecular complexity index is 361. The molecule has 0 saturated heterocycles. The molecule has 14 heavy (non-hydrogen) atoms. The zero-order chi connectivity index (χ0) is 10.7. The molecule has 1 aromatic rings. The summed E-state index contributed by atoms with van der Waals surface area (Å²) < 4.78 is 4.53. The molecular weight excluding hydrogens is 204 g/mol. The number of rotatable bonds is 2. The number of phenols is 1. The van der Waals surface area contributed by atoms with E-state index >= 15 is 0 Å². The second-order valence-corrected chi connectivity index (χ2v) is 3.20. The van der Waals surface area contributed by atoms with E-state index in [2.05, 4.69) is 4.74 Å². The summed E-state index contributed by atoms with van der Waals surface area (Å²) in [5.41, 5.74) is 1.55. The van der Waals surface area contributed by atoms with E-state index in [1.807, 2.05) is 0 Å². The van der Waals surface area contributed by atoms with Gasteiger partial charge >= 0.3 is 5.97 Å². The lowest BCUT2D eigenvalue weighted by atomic mass is 10.1. The zero-order valence-corrected chi connectivity index (χ0v) is 8.76. The number of hydrogen-bond acceptors (Lipinski definition) is 3. The summed E-state index contributed by atoms with van der Waals surface area (Å²) in [6, 6.07) is 3.26. The van der Waals surface area contributed by atoms with Crippen LogP contribution in [0.3, 0.4) is 0 Å². The van der Waals surface area contributed by atoms with Crippen LogP contribution >= 0.6 is 11.6 Å². The SMILES string of the molecule is COC(=O)c1cc(CCl)cc(C)c1O. The molecule has 4 heteroatoms. The van der Waals surface area contributed by atoms with Gasteiger partial charge in [0.2, 0.25) is 0 Å². The fourth-order valence-corrected chi connectivity index (χ4v) is 1.35. The van der Waals surface area contributed by atoms with E-state index in [9.17, 15) is 9.90 Å². The number of esters is 1. The maximum absolute atomic E-state index is 11.2. The molecule has 0 spiro atoms. The fraction of sp³-hybridized carbons (Fsp3) is 0.300. The van der Waals surface area contributed by atoms with Gasteiger partial charge in [-0.2, -0.15) is 0 Å². The van der Waals surface area contributed by atoms with Gasteiger partial charge in [0.05, 0.1) is 7.11 Å². The van der Waals surface area contributed by atoms with Crippen molar-refractivity contribution in [2.75, 3.05) is 7.11 Å². The molecular formula is C10H11ClO3. The summed E-state index contributed by atoms with van der Waals surface area (Å²) >= 11 is 5.64. The smallest absolute Gasteiger partial charge is 0.341 e. The van der Waals surface area contributed by atoms with Crippen LogP contribution < -0.4 is 0 Å². The van der Waals surface area contributed by atoms with Gasteiger partial charge in [-0.1, -0.05) is 6.07 Å². The topological polar surface area (TPSA) is 46.5 Å². The van der Waals surface area contributed by atoms with Crippen LogP contribution in [0.5, 0.6) is 5.75 Å². The third-order valence-corrected chi connectivity index (χ3v) is 2.23. The van der Waals surface area contributed by atoms with E-state index in [1.54, 1.807) is 13.0 Å². The van der Waals surface area contributed by atoms with E-state index in [4.69, 9.17) is 11.6 Å². The van der Waals surface area contributed by atoms with Crippen molar-refractivity contribution in [1.29, 1.82) is 0 Å². The number of carbonyl (C=O) groups excluding carboxylic acids is 1. The summed E-state index contributed by atoms with van der Waals surface area (Å²) in [4.78, 5) is 11.2. The third kappa shape index (κ3) is 1.99. The molecule has 1 rings (SSSR count). The first-order chi connectivity index (χ1) is 6.60. The van der Waals surface area contributed by atoms with Gasteiger partial charge in [0, 0.05) is 5.88 Å². The lowest BCUT2D eigenvalue weighted by Crippen LogP contribution is -2.03. The van der Waals surface area contributed by atoms with Gasteiger partial charge in [-0.15, -0.1) is 11.6 Å². The third-order valence-electron chi connectivity index (χ3n) is 1.92. The summed E-state index contributed by atoms with van der Waals surface area (Å²) in [5.74, 6) is -0.311. The Labute approximate surface area is 87.3 Å². The monoisotopic (exact) mass is 214 g/mol. The lowest BCUT2D eigenvalue weighted by molar-refractivity contribution is 0.0597. The van der Waals surface area contributed by atoms with Crippen LogP contribution in [0.1, 0.15) is 21.5 Å². The molecule has 1 aromatic carbocycles. The van der Waals surface area contributed by atoms with Gasteiger partial charge in [0.15, 0.2) is 0 Å². The zero-order valence-electron chi connectivity index (χ0n) is 8.00. The van der Waals surface area contributed by atoms with Crippen molar-refractivity contribution in [3.8, 4) is 5.75 Å². The van der Waals surface area contributed by atoms with E-state index in [-0.39, 0.29) is 11.3 Å². The molecule has 0 bridgehead atoms. The lowest BCUT2D eigenvalue weighted by Gasteiger charge is -2.07. The average molecular weight is 215 g/mol. The van der Waals surface area contributed by atoms with Crippen molar-refractivity contribution in [2.45, 2.75) is 12.8 Å². The van der Waals surface area contributed by atoms with Gasteiger partial charge in [-0.3, -0.25) is 0 Å². The number of ether oxygens (including phenoxy) is 1. The van der Waals surface area contributed by atoms with Crippen LogP contribution in [0.15, 0.2) is 12.1 Å². The number of aromatic hydroxyl groups is 1. The van der Waals surface area contributed by atoms with Crippen LogP contribution in [0.2, 0.25) is 0 Å². The number of phenolic OH excluding ortho intramolecular Hbond substituents is 1.